The Morgan fingerprint density at radius 1 is 1.15 bits per heavy atom. The Balaban J connectivity index is 2.25. The molecule has 0 amide bonds. The van der Waals surface area contributed by atoms with Crippen LogP contribution in [0.25, 0.3) is 0 Å². The third-order valence-corrected chi connectivity index (χ3v) is 3.92. The Morgan fingerprint density at radius 2 is 1.90 bits per heavy atom. The third kappa shape index (κ3) is 3.74. The van der Waals surface area contributed by atoms with Crippen LogP contribution in [0.1, 0.15) is 5.56 Å². The Labute approximate surface area is 123 Å². The molecular weight excluding hydrogens is 273 g/mol. The number of methoxy groups -OCH3 is 1. The van der Waals surface area contributed by atoms with Crippen LogP contribution in [0.3, 0.4) is 0 Å². The molecular formula is C16H18FNOS. The summed E-state index contributed by atoms with van der Waals surface area (Å²) in [5.74, 6) is -0.0569. The zero-order valence-electron chi connectivity index (χ0n) is 11.9. The van der Waals surface area contributed by atoms with E-state index in [1.807, 2.05) is 26.2 Å². The van der Waals surface area contributed by atoms with E-state index >= 15 is 0 Å². The highest BCUT2D eigenvalue weighted by Gasteiger charge is 2.08. The summed E-state index contributed by atoms with van der Waals surface area (Å²) in [6.45, 7) is 0.876. The highest BCUT2D eigenvalue weighted by molar-refractivity contribution is 7.99. The minimum Gasteiger partial charge on any atom is -0.494 e. The lowest BCUT2D eigenvalue weighted by Crippen LogP contribution is -2.11. The van der Waals surface area contributed by atoms with Crippen molar-refractivity contribution in [2.24, 2.45) is 0 Å². The van der Waals surface area contributed by atoms with Crippen molar-refractivity contribution < 1.29 is 9.13 Å². The topological polar surface area (TPSA) is 12.5 Å². The number of halogens is 1. The summed E-state index contributed by atoms with van der Waals surface area (Å²) >= 11 is 1.62. The number of ether oxygens (including phenoxy) is 1. The molecule has 2 aromatic rings. The molecule has 0 heterocycles. The molecule has 0 fully saturated rings. The van der Waals surface area contributed by atoms with Gasteiger partial charge in [0.15, 0.2) is 11.6 Å². The summed E-state index contributed by atoms with van der Waals surface area (Å²) in [7, 11) is 5.57. The summed E-state index contributed by atoms with van der Waals surface area (Å²) < 4.78 is 18.4. The molecule has 0 aliphatic heterocycles. The molecule has 0 saturated heterocycles. The van der Waals surface area contributed by atoms with Crippen LogP contribution in [0, 0.1) is 5.82 Å². The maximum Gasteiger partial charge on any atom is 0.165 e. The predicted molar refractivity (Wildman–Crippen MR) is 80.9 cm³/mol. The first-order chi connectivity index (χ1) is 9.60. The molecule has 2 nitrogen and oxygen atoms in total. The van der Waals surface area contributed by atoms with E-state index in [1.165, 1.54) is 23.6 Å². The molecule has 0 saturated carbocycles. The van der Waals surface area contributed by atoms with E-state index in [0.29, 0.717) is 0 Å². The maximum atomic E-state index is 13.4. The van der Waals surface area contributed by atoms with Gasteiger partial charge in [0.1, 0.15) is 0 Å². The normalized spacial score (nSPS) is 10.8. The second-order valence-corrected chi connectivity index (χ2v) is 5.86. The van der Waals surface area contributed by atoms with Crippen LogP contribution in [0.15, 0.2) is 52.3 Å². The van der Waals surface area contributed by atoms with E-state index < -0.39 is 0 Å². The van der Waals surface area contributed by atoms with Gasteiger partial charge in [-0.05, 0) is 43.9 Å². The first-order valence-corrected chi connectivity index (χ1v) is 7.16. The molecule has 0 unspecified atom stereocenters. The summed E-state index contributed by atoms with van der Waals surface area (Å²) in [6, 6.07) is 13.2. The minimum absolute atomic E-state index is 0.278. The molecule has 0 N–H and O–H groups in total. The Kier molecular flexibility index (Phi) is 5.04. The first-order valence-electron chi connectivity index (χ1n) is 6.34. The lowest BCUT2D eigenvalue weighted by atomic mass is 10.2. The predicted octanol–water partition coefficient (Wildman–Crippen LogP) is 4.05. The van der Waals surface area contributed by atoms with Gasteiger partial charge >= 0.3 is 0 Å². The smallest absolute Gasteiger partial charge is 0.165 e. The van der Waals surface area contributed by atoms with E-state index in [1.54, 1.807) is 23.9 Å². The minimum atomic E-state index is -0.335. The van der Waals surface area contributed by atoms with E-state index in [0.717, 1.165) is 11.4 Å². The SMILES string of the molecule is COc1cc(Sc2ccccc2CN(C)C)ccc1F. The summed E-state index contributed by atoms with van der Waals surface area (Å²) in [4.78, 5) is 4.27. The van der Waals surface area contributed by atoms with Gasteiger partial charge in [-0.25, -0.2) is 4.39 Å². The number of nitrogens with zero attached hydrogens (tertiary/aromatic N) is 1. The number of hydrogen-bond acceptors (Lipinski definition) is 3. The Bertz CT molecular complexity index is 586. The molecule has 0 atom stereocenters. The maximum absolute atomic E-state index is 13.4. The zero-order valence-corrected chi connectivity index (χ0v) is 12.7. The molecule has 20 heavy (non-hydrogen) atoms. The first kappa shape index (κ1) is 14.9. The van der Waals surface area contributed by atoms with Crippen LogP contribution in [0.2, 0.25) is 0 Å². The molecule has 4 heteroatoms. The summed E-state index contributed by atoms with van der Waals surface area (Å²) in [5.41, 5.74) is 1.26. The zero-order chi connectivity index (χ0) is 14.5. The second kappa shape index (κ2) is 6.77. The van der Waals surface area contributed by atoms with Crippen molar-refractivity contribution >= 4 is 11.8 Å². The monoisotopic (exact) mass is 291 g/mol. The van der Waals surface area contributed by atoms with Gasteiger partial charge < -0.3 is 9.64 Å². The highest BCUT2D eigenvalue weighted by Crippen LogP contribution is 2.33. The van der Waals surface area contributed by atoms with Crippen LogP contribution in [0.5, 0.6) is 5.75 Å². The average molecular weight is 291 g/mol. The van der Waals surface area contributed by atoms with Crippen molar-refractivity contribution in [3.63, 3.8) is 0 Å². The van der Waals surface area contributed by atoms with Crippen molar-refractivity contribution in [2.45, 2.75) is 16.3 Å². The van der Waals surface area contributed by atoms with Gasteiger partial charge in [-0.15, -0.1) is 0 Å². The molecule has 0 aromatic heterocycles. The molecule has 2 aromatic carbocycles. The Morgan fingerprint density at radius 3 is 2.60 bits per heavy atom. The molecule has 106 valence electrons. The number of rotatable bonds is 5. The quantitative estimate of drug-likeness (QED) is 0.824. The van der Waals surface area contributed by atoms with E-state index in [9.17, 15) is 4.39 Å². The highest BCUT2D eigenvalue weighted by atomic mass is 32.2. The standard InChI is InChI=1S/C16H18FNOS/c1-18(2)11-12-6-4-5-7-16(12)20-13-8-9-14(17)15(10-13)19-3/h4-10H,11H2,1-3H3. The molecule has 0 radical (unpaired) electrons. The number of benzene rings is 2. The molecule has 0 aliphatic rings. The molecule has 2 rings (SSSR count). The second-order valence-electron chi connectivity index (χ2n) is 4.74. The van der Waals surface area contributed by atoms with E-state index in [4.69, 9.17) is 4.74 Å². The van der Waals surface area contributed by atoms with Gasteiger partial charge in [0, 0.05) is 16.3 Å². The van der Waals surface area contributed by atoms with Gasteiger partial charge in [-0.2, -0.15) is 0 Å². The van der Waals surface area contributed by atoms with Crippen molar-refractivity contribution in [2.75, 3.05) is 21.2 Å². The fourth-order valence-electron chi connectivity index (χ4n) is 1.91. The fourth-order valence-corrected chi connectivity index (χ4v) is 2.87. The van der Waals surface area contributed by atoms with Crippen LogP contribution in [-0.4, -0.2) is 26.1 Å². The fraction of sp³-hybridized carbons (Fsp3) is 0.250. The van der Waals surface area contributed by atoms with Crippen LogP contribution in [-0.2, 0) is 6.54 Å². The van der Waals surface area contributed by atoms with Gasteiger partial charge in [0.25, 0.3) is 0 Å². The lowest BCUT2D eigenvalue weighted by Gasteiger charge is -2.14. The van der Waals surface area contributed by atoms with Crippen molar-refractivity contribution in [3.05, 3.63) is 53.8 Å². The molecule has 0 spiro atoms. The van der Waals surface area contributed by atoms with Gasteiger partial charge in [-0.3, -0.25) is 0 Å². The summed E-state index contributed by atoms with van der Waals surface area (Å²) in [5, 5.41) is 0. The van der Waals surface area contributed by atoms with Gasteiger partial charge in [0.2, 0.25) is 0 Å². The van der Waals surface area contributed by atoms with Crippen LogP contribution < -0.4 is 4.74 Å². The van der Waals surface area contributed by atoms with Gasteiger partial charge in [-0.1, -0.05) is 30.0 Å². The summed E-state index contributed by atoms with van der Waals surface area (Å²) in [6.07, 6.45) is 0. The van der Waals surface area contributed by atoms with E-state index in [2.05, 4.69) is 17.0 Å². The largest absolute Gasteiger partial charge is 0.494 e. The van der Waals surface area contributed by atoms with Crippen LogP contribution >= 0.6 is 11.8 Å². The van der Waals surface area contributed by atoms with Crippen molar-refractivity contribution in [3.8, 4) is 5.75 Å². The Hall–Kier alpha value is -1.52. The lowest BCUT2D eigenvalue weighted by molar-refractivity contribution is 0.385. The average Bonchev–Trinajstić information content (AvgIpc) is 2.42. The molecule has 0 bridgehead atoms. The van der Waals surface area contributed by atoms with E-state index in [-0.39, 0.29) is 11.6 Å². The number of hydrogen-bond donors (Lipinski definition) is 0. The van der Waals surface area contributed by atoms with Crippen LogP contribution in [0.4, 0.5) is 4.39 Å². The van der Waals surface area contributed by atoms with Crippen molar-refractivity contribution in [1.29, 1.82) is 0 Å². The van der Waals surface area contributed by atoms with Gasteiger partial charge in [0.05, 0.1) is 7.11 Å². The molecule has 0 aliphatic carbocycles. The third-order valence-electron chi connectivity index (χ3n) is 2.81. The van der Waals surface area contributed by atoms with Crippen molar-refractivity contribution in [1.82, 2.24) is 4.90 Å².